The number of hydrogen-bond donors (Lipinski definition) is 3. The van der Waals surface area contributed by atoms with Crippen LogP contribution in [0.25, 0.3) is 0 Å². The molecule has 0 fully saturated rings. The number of benzene rings is 1. The van der Waals surface area contributed by atoms with E-state index in [1.807, 2.05) is 0 Å². The summed E-state index contributed by atoms with van der Waals surface area (Å²) in [7, 11) is 1.53. The van der Waals surface area contributed by atoms with Crippen molar-refractivity contribution in [1.29, 1.82) is 0 Å². The van der Waals surface area contributed by atoms with Crippen LogP contribution in [0.15, 0.2) is 18.2 Å². The fraction of sp³-hybridized carbons (Fsp3) is 0.417. The molecule has 0 aromatic heterocycles. The Morgan fingerprint density at radius 3 is 2.82 bits per heavy atom. The first-order valence-corrected chi connectivity index (χ1v) is 5.51. The lowest BCUT2D eigenvalue weighted by molar-refractivity contribution is 0.0952. The molecule has 5 heteroatoms. The lowest BCUT2D eigenvalue weighted by Crippen LogP contribution is -2.24. The van der Waals surface area contributed by atoms with Gasteiger partial charge in [0.15, 0.2) is 0 Å². The van der Waals surface area contributed by atoms with Crippen molar-refractivity contribution < 1.29 is 14.6 Å². The zero-order valence-electron chi connectivity index (χ0n) is 9.90. The Morgan fingerprint density at radius 2 is 2.18 bits per heavy atom. The number of aliphatic hydroxyl groups excluding tert-OH is 1. The van der Waals surface area contributed by atoms with Gasteiger partial charge in [0.1, 0.15) is 5.75 Å². The third kappa shape index (κ3) is 4.32. The summed E-state index contributed by atoms with van der Waals surface area (Å²) in [6.45, 7) is 0.679. The normalized spacial score (nSPS) is 10.0. The maximum Gasteiger partial charge on any atom is 0.251 e. The van der Waals surface area contributed by atoms with E-state index in [4.69, 9.17) is 15.6 Å². The highest BCUT2D eigenvalue weighted by Crippen LogP contribution is 2.18. The first kappa shape index (κ1) is 13.3. The van der Waals surface area contributed by atoms with Crippen LogP contribution in [-0.4, -0.2) is 31.3 Å². The molecule has 0 bridgehead atoms. The first-order valence-electron chi connectivity index (χ1n) is 5.51. The van der Waals surface area contributed by atoms with Gasteiger partial charge in [0, 0.05) is 30.5 Å². The Kier molecular flexibility index (Phi) is 5.29. The highest BCUT2D eigenvalue weighted by atomic mass is 16.5. The van der Waals surface area contributed by atoms with Gasteiger partial charge in [0.05, 0.1) is 7.11 Å². The van der Waals surface area contributed by atoms with Crippen LogP contribution in [0.5, 0.6) is 5.75 Å². The number of anilines is 1. The molecule has 17 heavy (non-hydrogen) atoms. The SMILES string of the molecule is COc1cc(N)cc(C(=O)NCCCCO)c1. The Balaban J connectivity index is 2.59. The fourth-order valence-corrected chi connectivity index (χ4v) is 1.41. The van der Waals surface area contributed by atoms with Gasteiger partial charge in [-0.25, -0.2) is 0 Å². The summed E-state index contributed by atoms with van der Waals surface area (Å²) >= 11 is 0. The Labute approximate surface area is 101 Å². The molecule has 1 rings (SSSR count). The van der Waals surface area contributed by atoms with E-state index in [9.17, 15) is 4.79 Å². The van der Waals surface area contributed by atoms with Crippen LogP contribution >= 0.6 is 0 Å². The first-order chi connectivity index (χ1) is 8.17. The molecule has 0 heterocycles. The lowest BCUT2D eigenvalue weighted by atomic mass is 10.1. The highest BCUT2D eigenvalue weighted by molar-refractivity contribution is 5.95. The molecular formula is C12H18N2O3. The van der Waals surface area contributed by atoms with E-state index >= 15 is 0 Å². The number of carbonyl (C=O) groups excluding carboxylic acids is 1. The van der Waals surface area contributed by atoms with E-state index in [1.54, 1.807) is 18.2 Å². The third-order valence-corrected chi connectivity index (χ3v) is 2.30. The van der Waals surface area contributed by atoms with Crippen molar-refractivity contribution in [3.05, 3.63) is 23.8 Å². The molecule has 0 saturated carbocycles. The van der Waals surface area contributed by atoms with Crippen molar-refractivity contribution in [2.24, 2.45) is 0 Å². The number of hydrogen-bond acceptors (Lipinski definition) is 4. The second-order valence-corrected chi connectivity index (χ2v) is 3.68. The molecule has 0 aliphatic rings. The molecular weight excluding hydrogens is 220 g/mol. The predicted octanol–water partition coefficient (Wildman–Crippen LogP) is 0.780. The molecule has 1 aromatic rings. The summed E-state index contributed by atoms with van der Waals surface area (Å²) < 4.78 is 5.04. The zero-order valence-corrected chi connectivity index (χ0v) is 9.90. The minimum atomic E-state index is -0.187. The van der Waals surface area contributed by atoms with Gasteiger partial charge >= 0.3 is 0 Å². The largest absolute Gasteiger partial charge is 0.497 e. The van der Waals surface area contributed by atoms with Crippen molar-refractivity contribution in [2.75, 3.05) is 26.0 Å². The van der Waals surface area contributed by atoms with Gasteiger partial charge in [-0.15, -0.1) is 0 Å². The van der Waals surface area contributed by atoms with Crippen molar-refractivity contribution in [3.8, 4) is 5.75 Å². The van der Waals surface area contributed by atoms with E-state index in [1.165, 1.54) is 7.11 Å². The summed E-state index contributed by atoms with van der Waals surface area (Å²) in [5.41, 5.74) is 6.62. The van der Waals surface area contributed by atoms with Crippen LogP contribution in [0.4, 0.5) is 5.69 Å². The van der Waals surface area contributed by atoms with E-state index in [2.05, 4.69) is 5.32 Å². The number of methoxy groups -OCH3 is 1. The Hall–Kier alpha value is -1.75. The van der Waals surface area contributed by atoms with E-state index in [0.717, 1.165) is 6.42 Å². The third-order valence-electron chi connectivity index (χ3n) is 2.30. The van der Waals surface area contributed by atoms with Gasteiger partial charge in [0.25, 0.3) is 5.91 Å². The van der Waals surface area contributed by atoms with Gasteiger partial charge in [-0.3, -0.25) is 4.79 Å². The molecule has 0 atom stereocenters. The van der Waals surface area contributed by atoms with Crippen molar-refractivity contribution in [3.63, 3.8) is 0 Å². The van der Waals surface area contributed by atoms with Crippen LogP contribution in [0.3, 0.4) is 0 Å². The minimum Gasteiger partial charge on any atom is -0.497 e. The average molecular weight is 238 g/mol. The smallest absolute Gasteiger partial charge is 0.251 e. The number of unbranched alkanes of at least 4 members (excludes halogenated alkanes) is 1. The summed E-state index contributed by atoms with van der Waals surface area (Å²) in [6.07, 6.45) is 1.43. The molecule has 1 aromatic carbocycles. The maximum absolute atomic E-state index is 11.7. The quantitative estimate of drug-likeness (QED) is 0.505. The van der Waals surface area contributed by atoms with Crippen LogP contribution in [0, 0.1) is 0 Å². The number of carbonyl (C=O) groups is 1. The lowest BCUT2D eigenvalue weighted by Gasteiger charge is -2.07. The molecule has 0 unspecified atom stereocenters. The summed E-state index contributed by atoms with van der Waals surface area (Å²) in [5.74, 6) is 0.374. The number of nitrogens with one attached hydrogen (secondary N) is 1. The van der Waals surface area contributed by atoms with Gasteiger partial charge in [-0.05, 0) is 25.0 Å². The van der Waals surface area contributed by atoms with Crippen LogP contribution in [0.1, 0.15) is 23.2 Å². The summed E-state index contributed by atoms with van der Waals surface area (Å²) in [4.78, 5) is 11.7. The maximum atomic E-state index is 11.7. The zero-order chi connectivity index (χ0) is 12.7. The molecule has 0 spiro atoms. The number of amides is 1. The highest BCUT2D eigenvalue weighted by Gasteiger charge is 2.07. The number of aliphatic hydroxyl groups is 1. The molecule has 5 nitrogen and oxygen atoms in total. The monoisotopic (exact) mass is 238 g/mol. The number of nitrogens with two attached hydrogens (primary N) is 1. The number of ether oxygens (including phenoxy) is 1. The Bertz CT molecular complexity index is 380. The number of rotatable bonds is 6. The standard InChI is InChI=1S/C12H18N2O3/c1-17-11-7-9(6-10(13)8-11)12(16)14-4-2-3-5-15/h6-8,15H,2-5,13H2,1H3,(H,14,16). The molecule has 0 saturated heterocycles. The average Bonchev–Trinajstić information content (AvgIpc) is 2.33. The topological polar surface area (TPSA) is 84.6 Å². The van der Waals surface area contributed by atoms with Crippen molar-refractivity contribution in [1.82, 2.24) is 5.32 Å². The van der Waals surface area contributed by atoms with E-state index in [0.29, 0.717) is 30.0 Å². The van der Waals surface area contributed by atoms with Gasteiger partial charge in [0.2, 0.25) is 0 Å². The second kappa shape index (κ2) is 6.75. The van der Waals surface area contributed by atoms with Gasteiger partial charge in [-0.2, -0.15) is 0 Å². The van der Waals surface area contributed by atoms with Gasteiger partial charge < -0.3 is 20.9 Å². The predicted molar refractivity (Wildman–Crippen MR) is 66.1 cm³/mol. The summed E-state index contributed by atoms with van der Waals surface area (Å²) in [6, 6.07) is 4.89. The van der Waals surface area contributed by atoms with E-state index in [-0.39, 0.29) is 12.5 Å². The number of nitrogen functional groups attached to an aromatic ring is 1. The molecule has 0 radical (unpaired) electrons. The van der Waals surface area contributed by atoms with Crippen LogP contribution < -0.4 is 15.8 Å². The Morgan fingerprint density at radius 1 is 1.41 bits per heavy atom. The molecule has 94 valence electrons. The summed E-state index contributed by atoms with van der Waals surface area (Å²) in [5, 5.41) is 11.4. The molecule has 4 N–H and O–H groups in total. The van der Waals surface area contributed by atoms with Crippen molar-refractivity contribution >= 4 is 11.6 Å². The van der Waals surface area contributed by atoms with Crippen LogP contribution in [0.2, 0.25) is 0 Å². The van der Waals surface area contributed by atoms with Crippen LogP contribution in [-0.2, 0) is 0 Å². The fourth-order valence-electron chi connectivity index (χ4n) is 1.41. The van der Waals surface area contributed by atoms with E-state index < -0.39 is 0 Å². The molecule has 1 amide bonds. The second-order valence-electron chi connectivity index (χ2n) is 3.68. The molecule has 0 aliphatic carbocycles. The van der Waals surface area contributed by atoms with Crippen molar-refractivity contribution in [2.45, 2.75) is 12.8 Å². The van der Waals surface area contributed by atoms with Gasteiger partial charge in [-0.1, -0.05) is 0 Å². The minimum absolute atomic E-state index is 0.141. The molecule has 0 aliphatic heterocycles.